The Bertz CT molecular complexity index is 200. The standard InChI is InChI=1S/C12H21NO2/c1-14-8-5-9-15-12-7-4-2-3-6-11(12)10-13/h11-12H,2-9H2,1H3. The van der Waals surface area contributed by atoms with Crippen molar-refractivity contribution < 1.29 is 9.47 Å². The normalized spacial score (nSPS) is 26.9. The number of methoxy groups -OCH3 is 1. The molecule has 1 aliphatic rings. The van der Waals surface area contributed by atoms with E-state index in [0.717, 1.165) is 32.5 Å². The summed E-state index contributed by atoms with van der Waals surface area (Å²) < 4.78 is 10.7. The highest BCUT2D eigenvalue weighted by Gasteiger charge is 2.23. The van der Waals surface area contributed by atoms with Crippen molar-refractivity contribution in [1.82, 2.24) is 0 Å². The summed E-state index contributed by atoms with van der Waals surface area (Å²) >= 11 is 0. The van der Waals surface area contributed by atoms with E-state index in [2.05, 4.69) is 6.07 Å². The summed E-state index contributed by atoms with van der Waals surface area (Å²) in [6.45, 7) is 1.46. The maximum absolute atomic E-state index is 9.03. The molecule has 1 aliphatic carbocycles. The topological polar surface area (TPSA) is 42.2 Å². The first-order valence-corrected chi connectivity index (χ1v) is 5.88. The van der Waals surface area contributed by atoms with Gasteiger partial charge >= 0.3 is 0 Å². The van der Waals surface area contributed by atoms with Crippen LogP contribution in [-0.4, -0.2) is 26.4 Å². The van der Waals surface area contributed by atoms with Gasteiger partial charge in [-0.25, -0.2) is 0 Å². The number of hydrogen-bond acceptors (Lipinski definition) is 3. The molecule has 0 bridgehead atoms. The van der Waals surface area contributed by atoms with Gasteiger partial charge in [-0.15, -0.1) is 0 Å². The van der Waals surface area contributed by atoms with Crippen LogP contribution in [0.1, 0.15) is 38.5 Å². The molecule has 0 saturated heterocycles. The lowest BCUT2D eigenvalue weighted by Gasteiger charge is -2.19. The van der Waals surface area contributed by atoms with E-state index in [1.54, 1.807) is 7.11 Å². The van der Waals surface area contributed by atoms with Crippen LogP contribution in [0.25, 0.3) is 0 Å². The first-order valence-electron chi connectivity index (χ1n) is 5.88. The van der Waals surface area contributed by atoms with Crippen LogP contribution < -0.4 is 0 Å². The monoisotopic (exact) mass is 211 g/mol. The van der Waals surface area contributed by atoms with Crippen LogP contribution in [0.3, 0.4) is 0 Å². The van der Waals surface area contributed by atoms with Crippen molar-refractivity contribution in [3.8, 4) is 6.07 Å². The molecule has 0 N–H and O–H groups in total. The highest BCUT2D eigenvalue weighted by molar-refractivity contribution is 4.90. The van der Waals surface area contributed by atoms with Gasteiger partial charge in [0.05, 0.1) is 18.1 Å². The average Bonchev–Trinajstić information content (AvgIpc) is 2.49. The molecule has 0 spiro atoms. The molecule has 0 radical (unpaired) electrons. The smallest absolute Gasteiger partial charge is 0.0733 e. The summed E-state index contributed by atoms with van der Waals surface area (Å²) in [6, 6.07) is 2.38. The molecule has 3 heteroatoms. The molecule has 0 aliphatic heterocycles. The van der Waals surface area contributed by atoms with Crippen molar-refractivity contribution in [2.45, 2.75) is 44.6 Å². The summed E-state index contributed by atoms with van der Waals surface area (Å²) in [5, 5.41) is 9.03. The van der Waals surface area contributed by atoms with E-state index in [1.807, 2.05) is 0 Å². The molecule has 2 atom stereocenters. The van der Waals surface area contributed by atoms with E-state index in [9.17, 15) is 0 Å². The third-order valence-corrected chi connectivity index (χ3v) is 2.94. The second-order valence-electron chi connectivity index (χ2n) is 4.13. The summed E-state index contributed by atoms with van der Waals surface area (Å²) in [6.07, 6.45) is 6.76. The predicted octanol–water partition coefficient (Wildman–Crippen LogP) is 2.51. The summed E-state index contributed by atoms with van der Waals surface area (Å²) in [5.41, 5.74) is 0. The zero-order valence-electron chi connectivity index (χ0n) is 9.58. The number of nitriles is 1. The molecule has 0 aromatic heterocycles. The molecule has 1 saturated carbocycles. The largest absolute Gasteiger partial charge is 0.385 e. The fourth-order valence-corrected chi connectivity index (χ4v) is 2.06. The van der Waals surface area contributed by atoms with Crippen molar-refractivity contribution >= 4 is 0 Å². The number of nitrogens with zero attached hydrogens (tertiary/aromatic N) is 1. The van der Waals surface area contributed by atoms with Gasteiger partial charge in [0.25, 0.3) is 0 Å². The Morgan fingerprint density at radius 2 is 2.00 bits per heavy atom. The van der Waals surface area contributed by atoms with Crippen molar-refractivity contribution in [1.29, 1.82) is 5.26 Å². The highest BCUT2D eigenvalue weighted by Crippen LogP contribution is 2.25. The van der Waals surface area contributed by atoms with E-state index >= 15 is 0 Å². The second kappa shape index (κ2) is 7.67. The van der Waals surface area contributed by atoms with Crippen LogP contribution in [0.2, 0.25) is 0 Å². The van der Waals surface area contributed by atoms with Crippen LogP contribution in [0.4, 0.5) is 0 Å². The maximum atomic E-state index is 9.03. The zero-order valence-corrected chi connectivity index (χ0v) is 9.58. The Hall–Kier alpha value is -0.590. The van der Waals surface area contributed by atoms with Gasteiger partial charge in [-0.05, 0) is 19.3 Å². The van der Waals surface area contributed by atoms with E-state index in [-0.39, 0.29) is 12.0 Å². The Kier molecular flexibility index (Phi) is 6.38. The molecule has 0 heterocycles. The molecular formula is C12H21NO2. The van der Waals surface area contributed by atoms with Gasteiger partial charge in [0.1, 0.15) is 0 Å². The minimum absolute atomic E-state index is 0.107. The van der Waals surface area contributed by atoms with Crippen molar-refractivity contribution in [3.05, 3.63) is 0 Å². The van der Waals surface area contributed by atoms with E-state index in [1.165, 1.54) is 19.3 Å². The lowest BCUT2D eigenvalue weighted by molar-refractivity contribution is 0.0133. The quantitative estimate of drug-likeness (QED) is 0.518. The fraction of sp³-hybridized carbons (Fsp3) is 0.917. The van der Waals surface area contributed by atoms with E-state index in [0.29, 0.717) is 0 Å². The Balaban J connectivity index is 2.26. The van der Waals surface area contributed by atoms with Crippen molar-refractivity contribution in [2.24, 2.45) is 5.92 Å². The number of rotatable bonds is 5. The molecule has 15 heavy (non-hydrogen) atoms. The van der Waals surface area contributed by atoms with Crippen LogP contribution >= 0.6 is 0 Å². The van der Waals surface area contributed by atoms with Crippen LogP contribution in [0.5, 0.6) is 0 Å². The lowest BCUT2D eigenvalue weighted by Crippen LogP contribution is -2.22. The predicted molar refractivity (Wildman–Crippen MR) is 58.4 cm³/mol. The Morgan fingerprint density at radius 1 is 1.20 bits per heavy atom. The average molecular weight is 211 g/mol. The van der Waals surface area contributed by atoms with Crippen LogP contribution in [0, 0.1) is 17.2 Å². The minimum atomic E-state index is 0.107. The van der Waals surface area contributed by atoms with Gasteiger partial charge < -0.3 is 9.47 Å². The van der Waals surface area contributed by atoms with Gasteiger partial charge in [-0.2, -0.15) is 5.26 Å². The van der Waals surface area contributed by atoms with Gasteiger partial charge in [0, 0.05) is 20.3 Å². The molecule has 2 unspecified atom stereocenters. The van der Waals surface area contributed by atoms with Crippen molar-refractivity contribution in [2.75, 3.05) is 20.3 Å². The van der Waals surface area contributed by atoms with Gasteiger partial charge in [0.15, 0.2) is 0 Å². The summed E-state index contributed by atoms with van der Waals surface area (Å²) in [7, 11) is 1.70. The number of hydrogen-bond donors (Lipinski definition) is 0. The van der Waals surface area contributed by atoms with E-state index in [4.69, 9.17) is 14.7 Å². The van der Waals surface area contributed by atoms with Gasteiger partial charge in [0.2, 0.25) is 0 Å². The lowest BCUT2D eigenvalue weighted by atomic mass is 9.99. The minimum Gasteiger partial charge on any atom is -0.385 e. The molecule has 1 fully saturated rings. The molecule has 0 amide bonds. The Labute approximate surface area is 92.4 Å². The molecular weight excluding hydrogens is 190 g/mol. The molecule has 0 aromatic carbocycles. The highest BCUT2D eigenvalue weighted by atomic mass is 16.5. The fourth-order valence-electron chi connectivity index (χ4n) is 2.06. The van der Waals surface area contributed by atoms with E-state index < -0.39 is 0 Å². The second-order valence-corrected chi connectivity index (χ2v) is 4.13. The molecule has 0 aromatic rings. The molecule has 1 rings (SSSR count). The first kappa shape index (κ1) is 12.5. The van der Waals surface area contributed by atoms with Gasteiger partial charge in [-0.1, -0.05) is 19.3 Å². The Morgan fingerprint density at radius 3 is 2.73 bits per heavy atom. The van der Waals surface area contributed by atoms with Gasteiger partial charge in [-0.3, -0.25) is 0 Å². The number of ether oxygens (including phenoxy) is 2. The SMILES string of the molecule is COCCCOC1CCCCCC1C#N. The molecule has 3 nitrogen and oxygen atoms in total. The van der Waals surface area contributed by atoms with Crippen LogP contribution in [-0.2, 0) is 9.47 Å². The first-order chi connectivity index (χ1) is 7.38. The zero-order chi connectivity index (χ0) is 10.9. The van der Waals surface area contributed by atoms with Crippen molar-refractivity contribution in [3.63, 3.8) is 0 Å². The summed E-state index contributed by atoms with van der Waals surface area (Å²) in [4.78, 5) is 0. The summed E-state index contributed by atoms with van der Waals surface area (Å²) in [5.74, 6) is 0.107. The molecule has 86 valence electrons. The maximum Gasteiger partial charge on any atom is 0.0733 e. The third-order valence-electron chi connectivity index (χ3n) is 2.94. The third kappa shape index (κ3) is 4.63. The van der Waals surface area contributed by atoms with Crippen LogP contribution in [0.15, 0.2) is 0 Å².